The molecule has 3 nitrogen and oxygen atoms in total. The van der Waals surface area contributed by atoms with E-state index in [2.05, 4.69) is 5.32 Å². The fourth-order valence-corrected chi connectivity index (χ4v) is 1.19. The number of ether oxygens (including phenoxy) is 1. The van der Waals surface area contributed by atoms with Gasteiger partial charge >= 0.3 is 5.97 Å². The smallest absolute Gasteiger partial charge is 0.323 e. The normalized spacial score (nSPS) is 23.5. The van der Waals surface area contributed by atoms with Crippen molar-refractivity contribution in [3.8, 4) is 0 Å². The SMILES string of the molecule is CCCOC(=O)[C@@H]1CCCN1. The largest absolute Gasteiger partial charge is 0.465 e. The highest BCUT2D eigenvalue weighted by molar-refractivity contribution is 5.76. The first kappa shape index (κ1) is 8.53. The highest BCUT2D eigenvalue weighted by Crippen LogP contribution is 2.06. The van der Waals surface area contributed by atoms with Crippen LogP contribution in [0.3, 0.4) is 0 Å². The lowest BCUT2D eigenvalue weighted by molar-refractivity contribution is -0.145. The molecule has 0 saturated carbocycles. The Morgan fingerprint density at radius 3 is 3.09 bits per heavy atom. The average Bonchev–Trinajstić information content (AvgIpc) is 2.52. The topological polar surface area (TPSA) is 38.3 Å². The average molecular weight is 157 g/mol. The third-order valence-corrected chi connectivity index (χ3v) is 1.79. The summed E-state index contributed by atoms with van der Waals surface area (Å²) in [5.74, 6) is -0.0793. The van der Waals surface area contributed by atoms with Crippen molar-refractivity contribution in [2.24, 2.45) is 0 Å². The van der Waals surface area contributed by atoms with Gasteiger partial charge in [0, 0.05) is 0 Å². The van der Waals surface area contributed by atoms with Gasteiger partial charge in [0.1, 0.15) is 6.04 Å². The summed E-state index contributed by atoms with van der Waals surface area (Å²) < 4.78 is 4.97. The Kier molecular flexibility index (Phi) is 3.36. The van der Waals surface area contributed by atoms with Gasteiger partial charge in [0.15, 0.2) is 0 Å². The van der Waals surface area contributed by atoms with Crippen molar-refractivity contribution in [3.63, 3.8) is 0 Å². The maximum atomic E-state index is 11.1. The zero-order chi connectivity index (χ0) is 8.10. The maximum Gasteiger partial charge on any atom is 0.323 e. The van der Waals surface area contributed by atoms with E-state index < -0.39 is 0 Å². The fourth-order valence-electron chi connectivity index (χ4n) is 1.19. The molecule has 0 amide bonds. The van der Waals surface area contributed by atoms with E-state index in [1.165, 1.54) is 0 Å². The summed E-state index contributed by atoms with van der Waals surface area (Å²) in [6, 6.07) is -0.0263. The van der Waals surface area contributed by atoms with Crippen molar-refractivity contribution in [2.45, 2.75) is 32.2 Å². The van der Waals surface area contributed by atoms with Crippen LogP contribution in [-0.2, 0) is 9.53 Å². The van der Waals surface area contributed by atoms with Gasteiger partial charge < -0.3 is 10.1 Å². The van der Waals surface area contributed by atoms with E-state index in [0.717, 1.165) is 25.8 Å². The van der Waals surface area contributed by atoms with Gasteiger partial charge in [-0.05, 0) is 25.8 Å². The number of rotatable bonds is 3. The van der Waals surface area contributed by atoms with Crippen molar-refractivity contribution in [1.29, 1.82) is 0 Å². The molecule has 1 fully saturated rings. The van der Waals surface area contributed by atoms with Gasteiger partial charge in [-0.2, -0.15) is 0 Å². The molecule has 1 atom stereocenters. The predicted octanol–water partition coefficient (Wildman–Crippen LogP) is 0.692. The first-order chi connectivity index (χ1) is 5.34. The van der Waals surface area contributed by atoms with Crippen LogP contribution in [0.4, 0.5) is 0 Å². The van der Waals surface area contributed by atoms with Crippen LogP contribution in [0.25, 0.3) is 0 Å². The Bertz CT molecular complexity index is 130. The van der Waals surface area contributed by atoms with Crippen molar-refractivity contribution in [1.82, 2.24) is 5.32 Å². The lowest BCUT2D eigenvalue weighted by atomic mass is 10.2. The van der Waals surface area contributed by atoms with E-state index in [9.17, 15) is 4.79 Å². The van der Waals surface area contributed by atoms with Crippen LogP contribution in [-0.4, -0.2) is 25.2 Å². The number of hydrogen-bond acceptors (Lipinski definition) is 3. The number of carbonyl (C=O) groups excluding carboxylic acids is 1. The molecule has 0 aromatic heterocycles. The van der Waals surface area contributed by atoms with E-state index in [1.54, 1.807) is 0 Å². The Hall–Kier alpha value is -0.570. The van der Waals surface area contributed by atoms with Crippen LogP contribution in [0.2, 0.25) is 0 Å². The lowest BCUT2D eigenvalue weighted by Gasteiger charge is -2.08. The Balaban J connectivity index is 2.17. The van der Waals surface area contributed by atoms with Gasteiger partial charge in [0.2, 0.25) is 0 Å². The second-order valence-corrected chi connectivity index (χ2v) is 2.82. The third kappa shape index (κ3) is 2.50. The molecule has 0 spiro atoms. The third-order valence-electron chi connectivity index (χ3n) is 1.79. The summed E-state index contributed by atoms with van der Waals surface area (Å²) in [6.45, 7) is 3.50. The second-order valence-electron chi connectivity index (χ2n) is 2.82. The number of carbonyl (C=O) groups is 1. The molecule has 0 aromatic carbocycles. The summed E-state index contributed by atoms with van der Waals surface area (Å²) in [7, 11) is 0. The maximum absolute atomic E-state index is 11.1. The first-order valence-corrected chi connectivity index (χ1v) is 4.24. The highest BCUT2D eigenvalue weighted by atomic mass is 16.5. The summed E-state index contributed by atoms with van der Waals surface area (Å²) in [6.07, 6.45) is 2.92. The van der Waals surface area contributed by atoms with E-state index in [0.29, 0.717) is 6.61 Å². The minimum absolute atomic E-state index is 0.0263. The van der Waals surface area contributed by atoms with Crippen LogP contribution >= 0.6 is 0 Å². The summed E-state index contributed by atoms with van der Waals surface area (Å²) >= 11 is 0. The van der Waals surface area contributed by atoms with E-state index in [1.807, 2.05) is 6.92 Å². The quantitative estimate of drug-likeness (QED) is 0.612. The first-order valence-electron chi connectivity index (χ1n) is 4.24. The number of nitrogens with one attached hydrogen (secondary N) is 1. The van der Waals surface area contributed by atoms with Crippen molar-refractivity contribution in [3.05, 3.63) is 0 Å². The zero-order valence-corrected chi connectivity index (χ0v) is 6.93. The second kappa shape index (κ2) is 4.34. The summed E-state index contributed by atoms with van der Waals surface area (Å²) in [4.78, 5) is 11.1. The van der Waals surface area contributed by atoms with Crippen LogP contribution in [0.5, 0.6) is 0 Å². The van der Waals surface area contributed by atoms with E-state index in [4.69, 9.17) is 4.74 Å². The van der Waals surface area contributed by atoms with E-state index in [-0.39, 0.29) is 12.0 Å². The number of esters is 1. The van der Waals surface area contributed by atoms with Crippen molar-refractivity contribution < 1.29 is 9.53 Å². The zero-order valence-electron chi connectivity index (χ0n) is 6.93. The number of hydrogen-bond donors (Lipinski definition) is 1. The molecule has 0 bridgehead atoms. The molecule has 1 rings (SSSR count). The molecule has 0 radical (unpaired) electrons. The Morgan fingerprint density at radius 2 is 2.55 bits per heavy atom. The molecule has 1 heterocycles. The molecule has 64 valence electrons. The van der Waals surface area contributed by atoms with E-state index >= 15 is 0 Å². The molecular formula is C8H15NO2. The minimum atomic E-state index is -0.0793. The molecule has 0 unspecified atom stereocenters. The van der Waals surface area contributed by atoms with Gasteiger partial charge in [-0.25, -0.2) is 0 Å². The molecule has 0 aliphatic carbocycles. The fraction of sp³-hybridized carbons (Fsp3) is 0.875. The van der Waals surface area contributed by atoms with Crippen molar-refractivity contribution >= 4 is 5.97 Å². The van der Waals surface area contributed by atoms with Crippen LogP contribution in [0.1, 0.15) is 26.2 Å². The van der Waals surface area contributed by atoms with Gasteiger partial charge in [0.05, 0.1) is 6.61 Å². The van der Waals surface area contributed by atoms with Gasteiger partial charge in [-0.3, -0.25) is 4.79 Å². The van der Waals surface area contributed by atoms with Crippen LogP contribution < -0.4 is 5.32 Å². The highest BCUT2D eigenvalue weighted by Gasteiger charge is 2.22. The molecule has 3 heteroatoms. The molecule has 1 aliphatic rings. The lowest BCUT2D eigenvalue weighted by Crippen LogP contribution is -2.32. The summed E-state index contributed by atoms with van der Waals surface area (Å²) in [5.41, 5.74) is 0. The van der Waals surface area contributed by atoms with Gasteiger partial charge in [-0.1, -0.05) is 6.92 Å². The van der Waals surface area contributed by atoms with Gasteiger partial charge in [-0.15, -0.1) is 0 Å². The monoisotopic (exact) mass is 157 g/mol. The van der Waals surface area contributed by atoms with Crippen molar-refractivity contribution in [2.75, 3.05) is 13.2 Å². The van der Waals surface area contributed by atoms with Crippen LogP contribution in [0, 0.1) is 0 Å². The molecule has 1 saturated heterocycles. The van der Waals surface area contributed by atoms with Crippen LogP contribution in [0.15, 0.2) is 0 Å². The molecule has 1 aliphatic heterocycles. The van der Waals surface area contributed by atoms with Gasteiger partial charge in [0.25, 0.3) is 0 Å². The molecule has 1 N–H and O–H groups in total. The predicted molar refractivity (Wildman–Crippen MR) is 42.3 cm³/mol. The standard InChI is InChI=1S/C8H15NO2/c1-2-6-11-8(10)7-4-3-5-9-7/h7,9H,2-6H2,1H3/t7-/m0/s1. The summed E-state index contributed by atoms with van der Waals surface area (Å²) in [5, 5.41) is 3.09. The molecule has 11 heavy (non-hydrogen) atoms. The molecular weight excluding hydrogens is 142 g/mol. The Labute approximate surface area is 67.1 Å². The minimum Gasteiger partial charge on any atom is -0.465 e. The Morgan fingerprint density at radius 1 is 1.73 bits per heavy atom. The molecule has 0 aromatic rings.